The summed E-state index contributed by atoms with van der Waals surface area (Å²) >= 11 is 0. The molecule has 0 fully saturated rings. The van der Waals surface area contributed by atoms with Crippen LogP contribution in [0.3, 0.4) is 0 Å². The van der Waals surface area contributed by atoms with Crippen molar-refractivity contribution in [1.29, 1.82) is 0 Å². The molecule has 4 aliphatic carbocycles. The zero-order valence-electron chi connectivity index (χ0n) is 66.3. The van der Waals surface area contributed by atoms with Crippen LogP contribution in [0.25, 0.3) is 117 Å². The summed E-state index contributed by atoms with van der Waals surface area (Å²) in [5.41, 5.74) is 33.7. The molecule has 0 atom stereocenters. The maximum Gasteiger partial charge on any atom is 0.252 e. The molecular weight excluding hydrogens is 1300 g/mol. The number of rotatable bonds is 7. The lowest BCUT2D eigenvalue weighted by Gasteiger charge is -2.45. The lowest BCUT2D eigenvalue weighted by Crippen LogP contribution is -2.62. The summed E-state index contributed by atoms with van der Waals surface area (Å²) in [6, 6.07) is 121. The fourth-order valence-corrected chi connectivity index (χ4v) is 20.2. The van der Waals surface area contributed by atoms with Crippen molar-refractivity contribution in [2.24, 2.45) is 0 Å². The molecule has 3 nitrogen and oxygen atoms in total. The van der Waals surface area contributed by atoms with Crippen LogP contribution in [0, 0.1) is 0 Å². The molecule has 0 radical (unpaired) electrons. The van der Waals surface area contributed by atoms with Gasteiger partial charge in [-0.05, 0) is 223 Å². The number of benzene rings is 17. The van der Waals surface area contributed by atoms with E-state index < -0.39 is 53.8 Å². The van der Waals surface area contributed by atoms with E-state index in [9.17, 15) is 11.0 Å². The van der Waals surface area contributed by atoms with E-state index in [1.807, 2.05) is 24.3 Å². The molecule has 0 N–H and O–H groups in total. The van der Waals surface area contributed by atoms with Crippen LogP contribution in [0.15, 0.2) is 388 Å². The SMILES string of the molecule is [2H]c1c([2H])c([2H])c2c(c1[2H])c1c([2H])c([2H])c([2H])c([2H])c1n2-c1cc2c3c(c1)N(c1cc(-c4ccccc4)cc(-c4ccccc4)c1)c1cc4c(cc1B3c1cc3c(cc1N2c1cc(-c2ccccc2)cc(-c2ccccc2)c1)-c1ccccc1C31c2ccccc2-c2ccccc21)C1(c2ccccc2-c2ccccc21)c1ccccc1-4. The van der Waals surface area contributed by atoms with Crippen LogP contribution >= 0.6 is 0 Å². The fraction of sp³-hybridized carbons (Fsp3) is 0.0192. The molecule has 0 unspecified atom stereocenters. The molecule has 2 aliphatic heterocycles. The summed E-state index contributed by atoms with van der Waals surface area (Å²) in [4.78, 5) is 4.90. The molecule has 17 aromatic carbocycles. The Morgan fingerprint density at radius 1 is 0.231 bits per heavy atom. The lowest BCUT2D eigenvalue weighted by molar-refractivity contribution is 0.794. The first-order chi connectivity index (χ1) is 56.9. The van der Waals surface area contributed by atoms with Crippen LogP contribution in [0.4, 0.5) is 34.1 Å². The minimum atomic E-state index is -0.771. The van der Waals surface area contributed by atoms with Gasteiger partial charge in [-0.3, -0.25) is 0 Å². The normalized spacial score (nSPS) is 15.1. The van der Waals surface area contributed by atoms with E-state index in [-0.39, 0.29) is 33.9 Å². The van der Waals surface area contributed by atoms with E-state index in [0.29, 0.717) is 5.69 Å². The summed E-state index contributed by atoms with van der Waals surface area (Å²) in [5.74, 6) is 0. The predicted octanol–water partition coefficient (Wildman–Crippen LogP) is 24.2. The molecule has 24 rings (SSSR count). The molecule has 0 bridgehead atoms. The Bertz CT molecular complexity index is 6770. The standard InChI is InChI=1S/C104H64BN3/c1-5-29-65(30-6-1)69-53-70(66-31-7-2-8-32-66)56-73(55-69)107-98-61-84-80-41-17-25-49-90(80)103(86-45-21-13-37-76(86)77-38-14-22-46-87(77)103)92(84)63-94(98)105-95-64-93-85(81-42-18-26-50-91(81)104(93)88-47-23-15-39-78(88)79-40-16-24-48-89(79)104)62-99(95)108(74-57-71(67-33-9-3-10-34-67)54-72(58-74)68-35-11-4-12-36-68)101-60-75(59-100(107)102(101)105)106-96-51-27-19-43-82(96)83-44-20-28-52-97(83)106/h1-64H/i19D,20D,27D,28D,43D,44D,51D,52D. The van der Waals surface area contributed by atoms with Crippen molar-refractivity contribution in [2.75, 3.05) is 9.80 Å². The van der Waals surface area contributed by atoms with Gasteiger partial charge in [0, 0.05) is 44.9 Å². The van der Waals surface area contributed by atoms with Crippen LogP contribution in [-0.4, -0.2) is 11.3 Å². The van der Waals surface area contributed by atoms with Crippen LogP contribution in [0.1, 0.15) is 55.5 Å². The Morgan fingerprint density at radius 2 is 0.519 bits per heavy atom. The smallest absolute Gasteiger partial charge is 0.252 e. The zero-order chi connectivity index (χ0) is 77.5. The van der Waals surface area contributed by atoms with Crippen LogP contribution in [0.5, 0.6) is 0 Å². The molecule has 0 saturated heterocycles. The Morgan fingerprint density at radius 3 is 0.843 bits per heavy atom. The van der Waals surface area contributed by atoms with Gasteiger partial charge in [-0.25, -0.2) is 0 Å². The number of nitrogens with zero attached hydrogens (tertiary/aromatic N) is 3. The van der Waals surface area contributed by atoms with E-state index in [2.05, 4.69) is 325 Å². The molecule has 1 aromatic heterocycles. The van der Waals surface area contributed by atoms with Gasteiger partial charge in [-0.15, -0.1) is 0 Å². The van der Waals surface area contributed by atoms with Crippen molar-refractivity contribution in [3.8, 4) is 94.7 Å². The van der Waals surface area contributed by atoms with E-state index in [1.54, 1.807) is 4.57 Å². The van der Waals surface area contributed by atoms with Crippen molar-refractivity contribution in [3.05, 3.63) is 433 Å². The summed E-state index contributed by atoms with van der Waals surface area (Å²) in [7, 11) is 0. The molecule has 0 saturated carbocycles. The van der Waals surface area contributed by atoms with E-state index in [1.165, 1.54) is 66.8 Å². The highest BCUT2D eigenvalue weighted by Crippen LogP contribution is 2.66. The molecule has 18 aromatic rings. The van der Waals surface area contributed by atoms with Crippen LogP contribution in [0.2, 0.25) is 0 Å². The Labute approximate surface area is 638 Å². The van der Waals surface area contributed by atoms with Gasteiger partial charge in [-0.2, -0.15) is 0 Å². The van der Waals surface area contributed by atoms with E-state index in [0.717, 1.165) is 117 Å². The van der Waals surface area contributed by atoms with Crippen molar-refractivity contribution < 1.29 is 11.0 Å². The summed E-state index contributed by atoms with van der Waals surface area (Å²) in [6.07, 6.45) is 0. The first kappa shape index (κ1) is 52.2. The number of aromatic nitrogens is 1. The average Bonchev–Trinajstić information content (AvgIpc) is 1.42. The molecule has 4 heteroatoms. The van der Waals surface area contributed by atoms with Crippen LogP contribution < -0.4 is 26.2 Å². The van der Waals surface area contributed by atoms with E-state index >= 15 is 0 Å². The van der Waals surface area contributed by atoms with Gasteiger partial charge in [0.25, 0.3) is 6.71 Å². The monoisotopic (exact) mass is 1370 g/mol. The largest absolute Gasteiger partial charge is 0.311 e. The third-order valence-corrected chi connectivity index (χ3v) is 24.4. The Kier molecular flexibility index (Phi) is 10.8. The van der Waals surface area contributed by atoms with Crippen molar-refractivity contribution >= 4 is 79.0 Å². The maximum absolute atomic E-state index is 10.2. The quantitative estimate of drug-likeness (QED) is 0.147. The first-order valence-corrected chi connectivity index (χ1v) is 37.2. The number of hydrogen-bond donors (Lipinski definition) is 0. The van der Waals surface area contributed by atoms with Gasteiger partial charge in [0.05, 0.1) is 38.5 Å². The fourth-order valence-electron chi connectivity index (χ4n) is 20.2. The third-order valence-electron chi connectivity index (χ3n) is 24.4. The average molecular weight is 1370 g/mol. The number of fused-ring (bicyclic) bond motifs is 27. The summed E-state index contributed by atoms with van der Waals surface area (Å²) < 4.78 is 79.8. The molecule has 3 heterocycles. The second-order valence-electron chi connectivity index (χ2n) is 29.5. The van der Waals surface area contributed by atoms with Gasteiger partial charge < -0.3 is 14.4 Å². The second-order valence-corrected chi connectivity index (χ2v) is 29.5. The number of hydrogen-bond acceptors (Lipinski definition) is 2. The minimum Gasteiger partial charge on any atom is -0.311 e. The summed E-state index contributed by atoms with van der Waals surface area (Å²) in [5, 5.41) is -0.0107. The molecule has 2 spiro atoms. The molecule has 0 amide bonds. The number of anilines is 6. The predicted molar refractivity (Wildman–Crippen MR) is 449 cm³/mol. The summed E-state index contributed by atoms with van der Waals surface area (Å²) in [6.45, 7) is -0.591. The topological polar surface area (TPSA) is 11.4 Å². The highest BCUT2D eigenvalue weighted by molar-refractivity contribution is 7.00. The highest BCUT2D eigenvalue weighted by atomic mass is 15.2. The third kappa shape index (κ3) is 7.97. The minimum absolute atomic E-state index is 0.00536. The lowest BCUT2D eigenvalue weighted by atomic mass is 9.33. The van der Waals surface area contributed by atoms with Crippen molar-refractivity contribution in [2.45, 2.75) is 10.8 Å². The molecular formula is C104H64BN3. The second kappa shape index (κ2) is 22.4. The maximum atomic E-state index is 10.2. The first-order valence-electron chi connectivity index (χ1n) is 41.2. The van der Waals surface area contributed by atoms with Crippen molar-refractivity contribution in [3.63, 3.8) is 0 Å². The number of para-hydroxylation sites is 2. The van der Waals surface area contributed by atoms with Gasteiger partial charge >= 0.3 is 0 Å². The van der Waals surface area contributed by atoms with E-state index in [4.69, 9.17) is 0 Å². The van der Waals surface area contributed by atoms with Gasteiger partial charge in [0.2, 0.25) is 0 Å². The highest BCUT2D eigenvalue weighted by Gasteiger charge is 2.56. The molecule has 108 heavy (non-hydrogen) atoms. The Hall–Kier alpha value is -13.8. The van der Waals surface area contributed by atoms with Gasteiger partial charge in [-0.1, -0.05) is 315 Å². The van der Waals surface area contributed by atoms with Gasteiger partial charge in [0.1, 0.15) is 0 Å². The van der Waals surface area contributed by atoms with Gasteiger partial charge in [0.15, 0.2) is 0 Å². The Balaban J connectivity index is 0.923. The molecule has 498 valence electrons. The zero-order valence-corrected chi connectivity index (χ0v) is 58.3. The molecule has 6 aliphatic rings. The van der Waals surface area contributed by atoms with Crippen molar-refractivity contribution in [1.82, 2.24) is 4.57 Å². The van der Waals surface area contributed by atoms with Crippen LogP contribution in [-0.2, 0) is 10.8 Å².